The Kier molecular flexibility index (Phi) is 3.58. The van der Waals surface area contributed by atoms with E-state index < -0.39 is 5.97 Å². The number of thiazole rings is 1. The molecular weight excluding hydrogens is 366 g/mol. The van der Waals surface area contributed by atoms with E-state index in [1.165, 1.54) is 21.8 Å². The van der Waals surface area contributed by atoms with Crippen molar-refractivity contribution in [2.24, 2.45) is 0 Å². The fourth-order valence-electron chi connectivity index (χ4n) is 3.34. The molecule has 7 heteroatoms. The maximum atomic E-state index is 11.2. The molecule has 0 fully saturated rings. The molecule has 4 aromatic rings. The number of carboxylic acid groups (broad SMARTS) is 1. The summed E-state index contributed by atoms with van der Waals surface area (Å²) in [5, 5.41) is 17.2. The highest BCUT2D eigenvalue weighted by atomic mass is 32.2. The predicted octanol–water partition coefficient (Wildman–Crippen LogP) is 4.42. The third-order valence-corrected chi connectivity index (χ3v) is 6.54. The lowest BCUT2D eigenvalue weighted by atomic mass is 9.96. The van der Waals surface area contributed by atoms with Crippen molar-refractivity contribution in [3.05, 3.63) is 70.9 Å². The van der Waals surface area contributed by atoms with Crippen LogP contribution in [0.1, 0.15) is 27.7 Å². The Morgan fingerprint density at radius 1 is 1.15 bits per heavy atom. The fourth-order valence-corrected chi connectivity index (χ4v) is 5.34. The van der Waals surface area contributed by atoms with E-state index in [0.717, 1.165) is 22.3 Å². The van der Waals surface area contributed by atoms with Crippen LogP contribution < -0.4 is 0 Å². The number of aromatic carboxylic acids is 1. The number of rotatable bonds is 3. The number of para-hydroxylation sites is 1. The van der Waals surface area contributed by atoms with Gasteiger partial charge in [-0.25, -0.2) is 14.5 Å². The van der Waals surface area contributed by atoms with Crippen molar-refractivity contribution in [3.8, 4) is 5.13 Å². The zero-order chi connectivity index (χ0) is 17.7. The first-order valence-corrected chi connectivity index (χ1v) is 9.97. The number of carboxylic acids is 1. The van der Waals surface area contributed by atoms with Crippen molar-refractivity contribution in [2.45, 2.75) is 10.8 Å². The molecule has 5 nitrogen and oxygen atoms in total. The lowest BCUT2D eigenvalue weighted by Crippen LogP contribution is -2.03. The molecule has 5 rings (SSSR count). The Hall–Kier alpha value is -2.64. The first-order valence-electron chi connectivity index (χ1n) is 8.11. The molecule has 1 atom stereocenters. The fraction of sp³-hybridized carbons (Fsp3) is 0.105. The largest absolute Gasteiger partial charge is 0.476 e. The van der Waals surface area contributed by atoms with E-state index in [0.29, 0.717) is 5.13 Å². The van der Waals surface area contributed by atoms with Crippen LogP contribution in [0.15, 0.2) is 58.8 Å². The highest BCUT2D eigenvalue weighted by Gasteiger charge is 2.29. The Morgan fingerprint density at radius 3 is 2.81 bits per heavy atom. The number of thioether (sulfide) groups is 1. The van der Waals surface area contributed by atoms with E-state index in [4.69, 9.17) is 10.2 Å². The van der Waals surface area contributed by atoms with Crippen LogP contribution in [0.25, 0.3) is 16.0 Å². The maximum Gasteiger partial charge on any atom is 0.355 e. The number of aromatic nitrogens is 3. The van der Waals surface area contributed by atoms with Crippen LogP contribution >= 0.6 is 23.1 Å². The summed E-state index contributed by atoms with van der Waals surface area (Å²) in [4.78, 5) is 16.7. The Balaban J connectivity index is 1.69. The van der Waals surface area contributed by atoms with Crippen molar-refractivity contribution in [1.82, 2.24) is 14.8 Å². The summed E-state index contributed by atoms with van der Waals surface area (Å²) >= 11 is 3.14. The van der Waals surface area contributed by atoms with E-state index in [2.05, 4.69) is 35.3 Å². The zero-order valence-corrected chi connectivity index (χ0v) is 15.1. The molecule has 0 amide bonds. The summed E-state index contributed by atoms with van der Waals surface area (Å²) in [5.74, 6) is 0.157. The smallest absolute Gasteiger partial charge is 0.355 e. The zero-order valence-electron chi connectivity index (χ0n) is 13.5. The van der Waals surface area contributed by atoms with Crippen molar-refractivity contribution in [2.75, 3.05) is 5.75 Å². The monoisotopic (exact) mass is 379 g/mol. The van der Waals surface area contributed by atoms with E-state index in [-0.39, 0.29) is 11.6 Å². The minimum atomic E-state index is -1.02. The maximum absolute atomic E-state index is 11.2. The molecule has 3 heterocycles. The second kappa shape index (κ2) is 5.96. The third-order valence-electron chi connectivity index (χ3n) is 4.54. The van der Waals surface area contributed by atoms with Gasteiger partial charge < -0.3 is 5.11 Å². The number of benzene rings is 2. The molecule has 1 aliphatic rings. The molecule has 0 radical (unpaired) electrons. The summed E-state index contributed by atoms with van der Waals surface area (Å²) in [6.07, 6.45) is 0. The lowest BCUT2D eigenvalue weighted by molar-refractivity contribution is 0.0691. The second-order valence-electron chi connectivity index (χ2n) is 6.04. The minimum Gasteiger partial charge on any atom is -0.476 e. The number of hydrogen-bond donors (Lipinski definition) is 1. The first kappa shape index (κ1) is 15.6. The Bertz CT molecular complexity index is 1150. The summed E-state index contributed by atoms with van der Waals surface area (Å²) in [7, 11) is 0. The predicted molar refractivity (Wildman–Crippen MR) is 103 cm³/mol. The Labute approximate surface area is 157 Å². The van der Waals surface area contributed by atoms with Gasteiger partial charge in [0.25, 0.3) is 0 Å². The summed E-state index contributed by atoms with van der Waals surface area (Å²) in [5.41, 5.74) is 3.32. The number of carbonyl (C=O) groups is 1. The van der Waals surface area contributed by atoms with Gasteiger partial charge in [-0.2, -0.15) is 5.10 Å². The normalized spacial score (nSPS) is 16.1. The molecule has 1 aliphatic heterocycles. The summed E-state index contributed by atoms with van der Waals surface area (Å²) in [6, 6.07) is 16.5. The van der Waals surface area contributed by atoms with Gasteiger partial charge in [-0.3, -0.25) is 0 Å². The van der Waals surface area contributed by atoms with Crippen LogP contribution in [0, 0.1) is 0 Å². The van der Waals surface area contributed by atoms with Crippen molar-refractivity contribution < 1.29 is 9.90 Å². The topological polar surface area (TPSA) is 68.0 Å². The van der Waals surface area contributed by atoms with Crippen LogP contribution in [-0.2, 0) is 0 Å². The number of fused-ring (bicyclic) bond motifs is 2. The van der Waals surface area contributed by atoms with Gasteiger partial charge in [0.1, 0.15) is 0 Å². The molecular formula is C19H13N3O2S2. The molecule has 2 aromatic heterocycles. The molecule has 0 saturated heterocycles. The highest BCUT2D eigenvalue weighted by Crippen LogP contribution is 2.44. The standard InChI is InChI=1S/C19H13N3O2S2/c23-18(24)14-10-26-19(20-14)22-15-7-3-1-6-12(15)17(21-22)13-9-25-16-8-4-2-5-11(13)16/h1-8,10,13H,9H2,(H,23,24). The molecule has 1 unspecified atom stereocenters. The van der Waals surface area contributed by atoms with Gasteiger partial charge in [-0.1, -0.05) is 36.4 Å². The minimum absolute atomic E-state index is 0.0490. The molecule has 1 N–H and O–H groups in total. The van der Waals surface area contributed by atoms with Gasteiger partial charge in [-0.15, -0.1) is 23.1 Å². The van der Waals surface area contributed by atoms with E-state index in [1.807, 2.05) is 30.0 Å². The average Bonchev–Trinajstić information content (AvgIpc) is 3.37. The molecule has 128 valence electrons. The second-order valence-corrected chi connectivity index (χ2v) is 7.93. The molecule has 0 spiro atoms. The van der Waals surface area contributed by atoms with Crippen LogP contribution in [0.4, 0.5) is 0 Å². The first-order chi connectivity index (χ1) is 12.7. The molecule has 0 bridgehead atoms. The SMILES string of the molecule is O=C(O)c1csc(-n2nc(C3CSc4ccccc43)c3ccccc32)n1. The van der Waals surface area contributed by atoms with Gasteiger partial charge in [0.05, 0.1) is 11.2 Å². The molecule has 0 saturated carbocycles. The van der Waals surface area contributed by atoms with Crippen LogP contribution in [-0.4, -0.2) is 31.6 Å². The van der Waals surface area contributed by atoms with E-state index in [1.54, 1.807) is 10.1 Å². The van der Waals surface area contributed by atoms with E-state index in [9.17, 15) is 4.79 Å². The van der Waals surface area contributed by atoms with Crippen molar-refractivity contribution in [1.29, 1.82) is 0 Å². The van der Waals surface area contributed by atoms with Gasteiger partial charge in [0.2, 0.25) is 5.13 Å². The van der Waals surface area contributed by atoms with Crippen molar-refractivity contribution >= 4 is 40.0 Å². The van der Waals surface area contributed by atoms with Gasteiger partial charge in [-0.05, 0) is 17.7 Å². The van der Waals surface area contributed by atoms with Gasteiger partial charge in [0.15, 0.2) is 5.69 Å². The van der Waals surface area contributed by atoms with E-state index >= 15 is 0 Å². The van der Waals surface area contributed by atoms with Crippen molar-refractivity contribution in [3.63, 3.8) is 0 Å². The average molecular weight is 379 g/mol. The van der Waals surface area contributed by atoms with Crippen LogP contribution in [0.5, 0.6) is 0 Å². The third kappa shape index (κ3) is 2.35. The Morgan fingerprint density at radius 2 is 1.96 bits per heavy atom. The van der Waals surface area contributed by atoms with Gasteiger partial charge in [0, 0.05) is 27.3 Å². The quantitative estimate of drug-likeness (QED) is 0.571. The highest BCUT2D eigenvalue weighted by molar-refractivity contribution is 7.99. The van der Waals surface area contributed by atoms with Gasteiger partial charge >= 0.3 is 5.97 Å². The molecule has 0 aliphatic carbocycles. The summed E-state index contributed by atoms with van der Waals surface area (Å²) < 4.78 is 1.77. The summed E-state index contributed by atoms with van der Waals surface area (Å²) in [6.45, 7) is 0. The van der Waals surface area contributed by atoms with Crippen LogP contribution in [0.2, 0.25) is 0 Å². The molecule has 2 aromatic carbocycles. The number of hydrogen-bond acceptors (Lipinski definition) is 5. The molecule has 26 heavy (non-hydrogen) atoms. The number of nitrogens with zero attached hydrogens (tertiary/aromatic N) is 3. The van der Waals surface area contributed by atoms with Crippen LogP contribution in [0.3, 0.4) is 0 Å². The lowest BCUT2D eigenvalue weighted by Gasteiger charge is -2.07.